The molecule has 1 aromatic carbocycles. The number of nitrogens with zero attached hydrogens (tertiary/aromatic N) is 2. The molecule has 1 aromatic rings. The first-order valence-corrected chi connectivity index (χ1v) is 20.6. The van der Waals surface area contributed by atoms with E-state index in [1.807, 2.05) is 60.6 Å². The standard InChI is InChI=1S/C41H65N5O8S/c1-12-24(3)35-39(51)46(10)27(6)40(52)54-33(41(7,8)9)20-23(2)19-32(47)25(4)38-43-29(22-55-38)15-18-34(48)44-31(37(50)42-26(5)36(49)45-35)21-28-13-16-30(53-11)17-14-28/h13-14,16-17,23-27,29,31-33,35,47H,12,15,18-22H2,1-11H3,(H,42,50)(H,44,48)(H,45,49). The van der Waals surface area contributed by atoms with Crippen LogP contribution in [0.5, 0.6) is 5.75 Å². The Hall–Kier alpha value is -3.65. The Labute approximate surface area is 331 Å². The number of nitrogens with one attached hydrogen (secondary N) is 3. The number of rotatable bonds is 5. The van der Waals surface area contributed by atoms with Gasteiger partial charge in [0.15, 0.2) is 0 Å². The predicted molar refractivity (Wildman–Crippen MR) is 216 cm³/mol. The summed E-state index contributed by atoms with van der Waals surface area (Å²) in [4.78, 5) is 74.5. The first-order valence-electron chi connectivity index (χ1n) is 19.6. The number of aliphatic hydroxyl groups excluding tert-OH is 1. The Bertz CT molecular complexity index is 1510. The van der Waals surface area contributed by atoms with Gasteiger partial charge in [-0.1, -0.05) is 67.0 Å². The van der Waals surface area contributed by atoms with Crippen molar-refractivity contribution >= 4 is 46.4 Å². The molecule has 308 valence electrons. The molecule has 0 aliphatic carbocycles. The van der Waals surface area contributed by atoms with E-state index in [0.29, 0.717) is 37.2 Å². The minimum Gasteiger partial charge on any atom is -0.497 e. The summed E-state index contributed by atoms with van der Waals surface area (Å²) >= 11 is 1.59. The van der Waals surface area contributed by atoms with Gasteiger partial charge in [-0.25, -0.2) is 4.79 Å². The first kappa shape index (κ1) is 45.7. The topological polar surface area (TPSA) is 176 Å². The van der Waals surface area contributed by atoms with Crippen LogP contribution >= 0.6 is 11.8 Å². The van der Waals surface area contributed by atoms with E-state index in [9.17, 15) is 29.1 Å². The summed E-state index contributed by atoms with van der Waals surface area (Å²) in [6, 6.07) is 3.04. The highest BCUT2D eigenvalue weighted by molar-refractivity contribution is 8.14. The number of hydrogen-bond acceptors (Lipinski definition) is 10. The Morgan fingerprint density at radius 2 is 1.65 bits per heavy atom. The van der Waals surface area contributed by atoms with E-state index >= 15 is 0 Å². The number of aliphatic imine (C=N–C) groups is 1. The quantitative estimate of drug-likeness (QED) is 0.318. The molecule has 0 saturated carbocycles. The van der Waals surface area contributed by atoms with Gasteiger partial charge in [-0.3, -0.25) is 24.2 Å². The van der Waals surface area contributed by atoms with Crippen LogP contribution in [0.3, 0.4) is 0 Å². The number of methoxy groups -OCH3 is 1. The van der Waals surface area contributed by atoms with Crippen molar-refractivity contribution in [1.82, 2.24) is 20.9 Å². The molecule has 2 heterocycles. The number of ether oxygens (including phenoxy) is 2. The highest BCUT2D eigenvalue weighted by Crippen LogP contribution is 2.33. The van der Waals surface area contributed by atoms with E-state index in [1.54, 1.807) is 37.9 Å². The predicted octanol–water partition coefficient (Wildman–Crippen LogP) is 4.28. The molecule has 55 heavy (non-hydrogen) atoms. The highest BCUT2D eigenvalue weighted by atomic mass is 32.2. The summed E-state index contributed by atoms with van der Waals surface area (Å²) in [5.41, 5.74) is 0.358. The number of fused-ring (bicyclic) bond motifs is 1. The summed E-state index contributed by atoms with van der Waals surface area (Å²) in [5.74, 6) is -1.67. The van der Waals surface area contributed by atoms with Gasteiger partial charge < -0.3 is 35.4 Å². The second-order valence-electron chi connectivity index (χ2n) is 16.6. The van der Waals surface area contributed by atoms with Crippen LogP contribution in [-0.4, -0.2) is 107 Å². The van der Waals surface area contributed by atoms with Gasteiger partial charge in [0.1, 0.15) is 36.0 Å². The zero-order valence-corrected chi connectivity index (χ0v) is 35.5. The van der Waals surface area contributed by atoms with Crippen molar-refractivity contribution in [3.05, 3.63) is 29.8 Å². The van der Waals surface area contributed by atoms with Gasteiger partial charge in [-0.15, -0.1) is 11.8 Å². The molecule has 10 atom stereocenters. The van der Waals surface area contributed by atoms with Crippen LogP contribution < -0.4 is 20.7 Å². The number of likely N-dealkylation sites (N-methyl/N-ethyl adjacent to an activating group) is 1. The van der Waals surface area contributed by atoms with Crippen molar-refractivity contribution in [3.63, 3.8) is 0 Å². The number of hydrogen-bond donors (Lipinski definition) is 4. The maximum Gasteiger partial charge on any atom is 0.328 e. The molecule has 2 aliphatic heterocycles. The van der Waals surface area contributed by atoms with E-state index in [4.69, 9.17) is 14.5 Å². The van der Waals surface area contributed by atoms with Crippen molar-refractivity contribution in [2.45, 2.75) is 143 Å². The molecule has 0 radical (unpaired) electrons. The van der Waals surface area contributed by atoms with E-state index in [-0.39, 0.29) is 42.5 Å². The van der Waals surface area contributed by atoms with E-state index in [1.165, 1.54) is 18.9 Å². The fraction of sp³-hybridized carbons (Fsp3) is 0.707. The number of thioether (sulfide) groups is 1. The van der Waals surface area contributed by atoms with E-state index in [2.05, 4.69) is 16.0 Å². The van der Waals surface area contributed by atoms with Gasteiger partial charge in [-0.05, 0) is 68.1 Å². The normalized spacial score (nSPS) is 30.8. The summed E-state index contributed by atoms with van der Waals surface area (Å²) in [6.07, 6.45) is 1.13. The lowest BCUT2D eigenvalue weighted by Crippen LogP contribution is -2.58. The molecule has 14 heteroatoms. The first-order chi connectivity index (χ1) is 25.7. The summed E-state index contributed by atoms with van der Waals surface area (Å²) < 4.78 is 11.4. The number of carbonyl (C=O) groups excluding carboxylic acids is 5. The molecule has 4 N–H and O–H groups in total. The molecule has 0 saturated heterocycles. The lowest BCUT2D eigenvalue weighted by Gasteiger charge is -2.36. The zero-order chi connectivity index (χ0) is 41.2. The van der Waals surface area contributed by atoms with Gasteiger partial charge in [0.2, 0.25) is 23.6 Å². The second kappa shape index (κ2) is 20.5. The van der Waals surface area contributed by atoms with Gasteiger partial charge in [0.25, 0.3) is 0 Å². The Kier molecular flexibility index (Phi) is 17.0. The SMILES string of the molecule is CCC(C)C1NC(=O)C(C)NC(=O)C(Cc2ccc(OC)cc2)NC(=O)CCC2CSC(=N2)C(C)C(O)CC(C)CC(C(C)(C)C)OC(=O)C(C)N(C)C1=O. The molecule has 0 aromatic heterocycles. The van der Waals surface area contributed by atoms with Gasteiger partial charge in [0, 0.05) is 31.6 Å². The number of carbonyl (C=O) groups is 5. The number of amides is 4. The van der Waals surface area contributed by atoms with Crippen LogP contribution in [0.2, 0.25) is 0 Å². The molecule has 3 rings (SSSR count). The minimum atomic E-state index is -1.06. The molecule has 0 spiro atoms. The van der Waals surface area contributed by atoms with Crippen LogP contribution in [0.1, 0.15) is 100.0 Å². The van der Waals surface area contributed by atoms with E-state index < -0.39 is 65.5 Å². The molecule has 4 amide bonds. The Morgan fingerprint density at radius 1 is 1.00 bits per heavy atom. The van der Waals surface area contributed by atoms with Crippen LogP contribution in [-0.2, 0) is 35.1 Å². The summed E-state index contributed by atoms with van der Waals surface area (Å²) in [7, 11) is 3.07. The van der Waals surface area contributed by atoms with Crippen LogP contribution in [0.4, 0.5) is 0 Å². The number of esters is 1. The fourth-order valence-electron chi connectivity index (χ4n) is 6.57. The molecule has 10 unspecified atom stereocenters. The van der Waals surface area contributed by atoms with Crippen LogP contribution in [0.15, 0.2) is 29.3 Å². The summed E-state index contributed by atoms with van der Waals surface area (Å²) in [6.45, 7) is 16.8. The van der Waals surface area contributed by atoms with Crippen molar-refractivity contribution in [3.8, 4) is 5.75 Å². The van der Waals surface area contributed by atoms with Crippen LogP contribution in [0, 0.1) is 23.2 Å². The minimum absolute atomic E-state index is 0.000663. The molecular formula is C41H65N5O8S. The fourth-order valence-corrected chi connectivity index (χ4v) is 7.82. The van der Waals surface area contributed by atoms with Gasteiger partial charge in [-0.2, -0.15) is 0 Å². The van der Waals surface area contributed by atoms with Crippen LogP contribution in [0.25, 0.3) is 0 Å². The smallest absolute Gasteiger partial charge is 0.328 e. The van der Waals surface area contributed by atoms with Crippen molar-refractivity contribution in [2.75, 3.05) is 19.9 Å². The van der Waals surface area contributed by atoms with E-state index in [0.717, 1.165) is 10.6 Å². The molecular weight excluding hydrogens is 723 g/mol. The molecule has 2 aliphatic rings. The maximum atomic E-state index is 14.0. The highest BCUT2D eigenvalue weighted by Gasteiger charge is 2.38. The lowest BCUT2D eigenvalue weighted by atomic mass is 9.81. The van der Waals surface area contributed by atoms with Crippen molar-refractivity contribution < 1.29 is 38.6 Å². The summed E-state index contributed by atoms with van der Waals surface area (Å²) in [5, 5.41) is 20.6. The van der Waals surface area contributed by atoms with Gasteiger partial charge in [0.05, 0.1) is 24.3 Å². The zero-order valence-electron chi connectivity index (χ0n) is 34.6. The second-order valence-corrected chi connectivity index (χ2v) is 17.6. The Morgan fingerprint density at radius 3 is 2.25 bits per heavy atom. The molecule has 2 bridgehead atoms. The molecule has 0 fully saturated rings. The van der Waals surface area contributed by atoms with Crippen molar-refractivity contribution in [1.29, 1.82) is 0 Å². The number of cyclic esters (lactones) is 1. The third-order valence-corrected chi connectivity index (χ3v) is 12.3. The lowest BCUT2D eigenvalue weighted by molar-refractivity contribution is -0.164. The average molecular weight is 788 g/mol. The monoisotopic (exact) mass is 787 g/mol. The largest absolute Gasteiger partial charge is 0.497 e. The number of aliphatic hydroxyl groups is 1. The van der Waals surface area contributed by atoms with Gasteiger partial charge >= 0.3 is 5.97 Å². The average Bonchev–Trinajstić information content (AvgIpc) is 3.62. The number of benzene rings is 1. The third kappa shape index (κ3) is 13.2. The third-order valence-electron chi connectivity index (χ3n) is 10.9. The Balaban J connectivity index is 1.94. The molecule has 13 nitrogen and oxygen atoms in total. The van der Waals surface area contributed by atoms with Crippen molar-refractivity contribution in [2.24, 2.45) is 28.2 Å². The maximum absolute atomic E-state index is 14.0.